The highest BCUT2D eigenvalue weighted by Crippen LogP contribution is 2.27. The maximum Gasteiger partial charge on any atom is 0.150 e. The molecule has 0 spiro atoms. The van der Waals surface area contributed by atoms with Crippen LogP contribution in [0, 0.1) is 6.92 Å². The average Bonchev–Trinajstić information content (AvgIpc) is 3.18. The summed E-state index contributed by atoms with van der Waals surface area (Å²) in [6.45, 7) is 2.93. The molecule has 5 nitrogen and oxygen atoms in total. The van der Waals surface area contributed by atoms with Crippen LogP contribution < -0.4 is 5.73 Å². The minimum Gasteiger partial charge on any atom is -0.505 e. The van der Waals surface area contributed by atoms with E-state index in [2.05, 4.69) is 15.0 Å². The van der Waals surface area contributed by atoms with Crippen molar-refractivity contribution in [2.45, 2.75) is 13.5 Å². The highest BCUT2D eigenvalue weighted by atomic mass is 16.3. The Morgan fingerprint density at radius 1 is 1.17 bits per heavy atom. The third-order valence-corrected chi connectivity index (χ3v) is 4.30. The number of nitrogens with two attached hydrogens (primary N) is 1. The van der Waals surface area contributed by atoms with Crippen molar-refractivity contribution < 1.29 is 5.11 Å². The molecular weight excluding hydrogens is 300 g/mol. The molecule has 0 aliphatic carbocycles. The number of aryl methyl sites for hydroxylation is 1. The first-order valence-electron chi connectivity index (χ1n) is 7.89. The van der Waals surface area contributed by atoms with Crippen LogP contribution in [0.2, 0.25) is 0 Å². The van der Waals surface area contributed by atoms with Gasteiger partial charge in [0.1, 0.15) is 17.3 Å². The Morgan fingerprint density at radius 2 is 1.96 bits per heavy atom. The minimum atomic E-state index is 0.192. The van der Waals surface area contributed by atoms with E-state index in [-0.39, 0.29) is 5.76 Å². The second kappa shape index (κ2) is 5.62. The fourth-order valence-corrected chi connectivity index (χ4v) is 2.90. The lowest BCUT2D eigenvalue weighted by Gasteiger charge is -2.03. The fraction of sp³-hybridized carbons (Fsp3) is 0.158. The van der Waals surface area contributed by atoms with Gasteiger partial charge < -0.3 is 15.8 Å². The van der Waals surface area contributed by atoms with Gasteiger partial charge >= 0.3 is 0 Å². The van der Waals surface area contributed by atoms with E-state index in [1.54, 1.807) is 0 Å². The number of allylic oxidation sites excluding steroid dienone is 1. The molecule has 4 N–H and O–H groups in total. The summed E-state index contributed by atoms with van der Waals surface area (Å²) in [5.41, 5.74) is 11.9. The maximum absolute atomic E-state index is 10.6. The molecular formula is C19H18N4O. The Morgan fingerprint density at radius 3 is 2.71 bits per heavy atom. The minimum absolute atomic E-state index is 0.192. The predicted octanol–water partition coefficient (Wildman–Crippen LogP) is 3.10. The second-order valence-electron chi connectivity index (χ2n) is 6.00. The number of aromatic nitrogens is 2. The molecule has 3 aromatic rings. The first kappa shape index (κ1) is 14.7. The Bertz CT molecular complexity index is 980. The quantitative estimate of drug-likeness (QED) is 0.693. The third-order valence-electron chi connectivity index (χ3n) is 4.30. The number of benzene rings is 2. The third kappa shape index (κ3) is 2.39. The van der Waals surface area contributed by atoms with E-state index < -0.39 is 0 Å². The molecule has 1 aliphatic heterocycles. The van der Waals surface area contributed by atoms with Gasteiger partial charge in [0.2, 0.25) is 0 Å². The molecule has 5 heteroatoms. The zero-order valence-corrected chi connectivity index (χ0v) is 13.4. The zero-order chi connectivity index (χ0) is 16.7. The lowest BCUT2D eigenvalue weighted by atomic mass is 10.1. The molecule has 0 atom stereocenters. The van der Waals surface area contributed by atoms with Gasteiger partial charge in [0.05, 0.1) is 23.2 Å². The Labute approximate surface area is 139 Å². The van der Waals surface area contributed by atoms with Crippen LogP contribution in [0.15, 0.2) is 53.2 Å². The van der Waals surface area contributed by atoms with Crippen molar-refractivity contribution in [3.63, 3.8) is 0 Å². The summed E-state index contributed by atoms with van der Waals surface area (Å²) in [4.78, 5) is 12.3. The van der Waals surface area contributed by atoms with E-state index in [9.17, 15) is 5.11 Å². The molecule has 0 unspecified atom stereocenters. The first-order chi connectivity index (χ1) is 11.7. The number of fused-ring (bicyclic) bond motifs is 1. The molecule has 0 amide bonds. The number of aliphatic hydroxyl groups is 1. The van der Waals surface area contributed by atoms with E-state index in [4.69, 9.17) is 5.73 Å². The average molecular weight is 318 g/mol. The van der Waals surface area contributed by atoms with E-state index in [1.807, 2.05) is 49.4 Å². The van der Waals surface area contributed by atoms with Crippen LogP contribution in [0.1, 0.15) is 22.5 Å². The first-order valence-corrected chi connectivity index (χ1v) is 7.89. The number of hydrogen-bond donors (Lipinski definition) is 3. The second-order valence-corrected chi connectivity index (χ2v) is 6.00. The molecule has 0 bridgehead atoms. The Kier molecular flexibility index (Phi) is 3.43. The van der Waals surface area contributed by atoms with Crippen LogP contribution in [0.3, 0.4) is 0 Å². The Balaban J connectivity index is 1.73. The van der Waals surface area contributed by atoms with Crippen molar-refractivity contribution in [1.82, 2.24) is 9.97 Å². The van der Waals surface area contributed by atoms with E-state index in [0.717, 1.165) is 27.7 Å². The van der Waals surface area contributed by atoms with Crippen LogP contribution >= 0.6 is 0 Å². The summed E-state index contributed by atoms with van der Waals surface area (Å²) in [6.07, 6.45) is 0. The van der Waals surface area contributed by atoms with Crippen LogP contribution in [-0.2, 0) is 6.54 Å². The zero-order valence-electron chi connectivity index (χ0n) is 13.4. The maximum atomic E-state index is 10.6. The molecule has 4 rings (SSSR count). The van der Waals surface area contributed by atoms with Crippen molar-refractivity contribution in [2.75, 3.05) is 6.54 Å². The van der Waals surface area contributed by atoms with Crippen LogP contribution in [-0.4, -0.2) is 27.3 Å². The molecule has 24 heavy (non-hydrogen) atoms. The van der Waals surface area contributed by atoms with Gasteiger partial charge in [0.25, 0.3) is 0 Å². The van der Waals surface area contributed by atoms with Crippen molar-refractivity contribution in [3.05, 3.63) is 70.7 Å². The summed E-state index contributed by atoms with van der Waals surface area (Å²) in [5, 5.41) is 10.6. The number of H-pyrrole nitrogens is 1. The van der Waals surface area contributed by atoms with Crippen molar-refractivity contribution in [1.29, 1.82) is 0 Å². The number of nitrogens with one attached hydrogen (secondary N) is 1. The topological polar surface area (TPSA) is 87.3 Å². The summed E-state index contributed by atoms with van der Waals surface area (Å²) in [7, 11) is 0. The molecule has 0 radical (unpaired) electrons. The smallest absolute Gasteiger partial charge is 0.150 e. The number of aliphatic hydroxyl groups excluding tert-OH is 1. The highest BCUT2D eigenvalue weighted by Gasteiger charge is 2.23. The SMILES string of the molecule is Cc1ccc(C2=NCC(c3nc4ccc(CN)cc4[nH]3)=C2O)cc1. The van der Waals surface area contributed by atoms with Gasteiger partial charge in [0.15, 0.2) is 0 Å². The molecule has 0 saturated heterocycles. The normalized spacial score (nSPS) is 14.5. The Hall–Kier alpha value is -2.92. The van der Waals surface area contributed by atoms with Crippen molar-refractivity contribution in [3.8, 4) is 0 Å². The lowest BCUT2D eigenvalue weighted by molar-refractivity contribution is 0.447. The van der Waals surface area contributed by atoms with E-state index >= 15 is 0 Å². The van der Waals surface area contributed by atoms with E-state index in [0.29, 0.717) is 24.6 Å². The molecule has 1 aromatic heterocycles. The van der Waals surface area contributed by atoms with E-state index in [1.165, 1.54) is 5.56 Å². The van der Waals surface area contributed by atoms with Gasteiger partial charge in [-0.3, -0.25) is 4.99 Å². The number of nitrogens with zero attached hydrogens (tertiary/aromatic N) is 2. The van der Waals surface area contributed by atoms with Gasteiger partial charge in [-0.25, -0.2) is 4.98 Å². The molecule has 120 valence electrons. The number of aliphatic imine (C=N–C) groups is 1. The number of rotatable bonds is 3. The van der Waals surface area contributed by atoms with Gasteiger partial charge in [0, 0.05) is 12.1 Å². The van der Waals surface area contributed by atoms with Gasteiger partial charge in [-0.05, 0) is 24.6 Å². The summed E-state index contributed by atoms with van der Waals surface area (Å²) in [5.74, 6) is 0.847. The molecule has 2 heterocycles. The van der Waals surface area contributed by atoms with Crippen molar-refractivity contribution in [2.24, 2.45) is 10.7 Å². The summed E-state index contributed by atoms with van der Waals surface area (Å²) < 4.78 is 0. The highest BCUT2D eigenvalue weighted by molar-refractivity contribution is 6.17. The standard InChI is InChI=1S/C19H18N4O/c1-11-2-5-13(6-3-11)17-18(24)14(10-21-17)19-22-15-7-4-12(9-20)8-16(15)23-19/h2-8,24H,9-10,20H2,1H3,(H,22,23). The number of aromatic amines is 1. The van der Waals surface area contributed by atoms with Gasteiger partial charge in [-0.15, -0.1) is 0 Å². The molecule has 0 fully saturated rings. The van der Waals surface area contributed by atoms with Crippen LogP contribution in [0.5, 0.6) is 0 Å². The molecule has 0 saturated carbocycles. The monoisotopic (exact) mass is 318 g/mol. The van der Waals surface area contributed by atoms with Crippen LogP contribution in [0.4, 0.5) is 0 Å². The van der Waals surface area contributed by atoms with Crippen LogP contribution in [0.25, 0.3) is 16.6 Å². The molecule has 2 aromatic carbocycles. The predicted molar refractivity (Wildman–Crippen MR) is 96.1 cm³/mol. The largest absolute Gasteiger partial charge is 0.505 e. The lowest BCUT2D eigenvalue weighted by Crippen LogP contribution is -2.02. The van der Waals surface area contributed by atoms with Gasteiger partial charge in [-0.1, -0.05) is 35.9 Å². The summed E-state index contributed by atoms with van der Waals surface area (Å²) >= 11 is 0. The van der Waals surface area contributed by atoms with Crippen molar-refractivity contribution >= 4 is 22.3 Å². The number of hydrogen-bond acceptors (Lipinski definition) is 4. The van der Waals surface area contributed by atoms with Gasteiger partial charge in [-0.2, -0.15) is 0 Å². The fourth-order valence-electron chi connectivity index (χ4n) is 2.90. The number of imidazole rings is 1. The summed E-state index contributed by atoms with van der Waals surface area (Å²) in [6, 6.07) is 13.9. The molecule has 1 aliphatic rings.